The molecule has 1 saturated carbocycles. The lowest BCUT2D eigenvalue weighted by molar-refractivity contribution is 0.241. The van der Waals surface area contributed by atoms with Crippen LogP contribution in [0.4, 0.5) is 0 Å². The van der Waals surface area contributed by atoms with E-state index in [2.05, 4.69) is 44.2 Å². The van der Waals surface area contributed by atoms with E-state index >= 15 is 0 Å². The van der Waals surface area contributed by atoms with Gasteiger partial charge in [-0.3, -0.25) is 0 Å². The Morgan fingerprint density at radius 3 is 2.21 bits per heavy atom. The fourth-order valence-corrected chi connectivity index (χ4v) is 5.22. The number of ether oxygens (including phenoxy) is 1. The number of hydrogen-bond acceptors (Lipinski definition) is 1. The Bertz CT molecular complexity index is 591. The van der Waals surface area contributed by atoms with E-state index in [9.17, 15) is 0 Å². The van der Waals surface area contributed by atoms with Crippen molar-refractivity contribution >= 4 is 0 Å². The molecule has 2 aliphatic rings. The standard InChI is InChI=1S/C28H44O/c1-3-5-22-29-28-20-18-27(19-21-28)17-16-26-14-12-25(13-15-26)11-10-24-8-6-23(4-2)7-9-24/h14,18-21,23-25H,3-13,15-17,22H2,1-2H3/t23-,24-,25?. The van der Waals surface area contributed by atoms with Crippen LogP contribution in [0.3, 0.4) is 0 Å². The maximum Gasteiger partial charge on any atom is 0.119 e. The maximum atomic E-state index is 5.77. The third-order valence-electron chi connectivity index (χ3n) is 7.57. The Labute approximate surface area is 180 Å². The van der Waals surface area contributed by atoms with Gasteiger partial charge in [-0.15, -0.1) is 0 Å². The molecule has 0 N–H and O–H groups in total. The summed E-state index contributed by atoms with van der Waals surface area (Å²) in [6.45, 7) is 5.41. The Morgan fingerprint density at radius 2 is 1.55 bits per heavy atom. The molecule has 2 aliphatic carbocycles. The molecule has 0 saturated heterocycles. The first-order chi connectivity index (χ1) is 14.3. The van der Waals surface area contributed by atoms with E-state index in [0.717, 1.165) is 36.5 Å². The highest BCUT2D eigenvalue weighted by Gasteiger charge is 2.21. The first-order valence-corrected chi connectivity index (χ1v) is 12.7. The number of benzene rings is 1. The smallest absolute Gasteiger partial charge is 0.119 e. The van der Waals surface area contributed by atoms with Crippen molar-refractivity contribution in [2.75, 3.05) is 6.61 Å². The summed E-state index contributed by atoms with van der Waals surface area (Å²) in [5.41, 5.74) is 3.14. The molecule has 0 aliphatic heterocycles. The number of rotatable bonds is 11. The molecule has 0 amide bonds. The van der Waals surface area contributed by atoms with E-state index in [4.69, 9.17) is 4.74 Å². The Kier molecular flexibility index (Phi) is 9.64. The zero-order valence-corrected chi connectivity index (χ0v) is 19.1. The number of hydrogen-bond donors (Lipinski definition) is 0. The second-order valence-corrected chi connectivity index (χ2v) is 9.72. The van der Waals surface area contributed by atoms with Gasteiger partial charge in [0, 0.05) is 0 Å². The average Bonchev–Trinajstić information content (AvgIpc) is 2.78. The van der Waals surface area contributed by atoms with Crippen LogP contribution in [-0.4, -0.2) is 6.61 Å². The lowest BCUT2D eigenvalue weighted by Gasteiger charge is -2.29. The fraction of sp³-hybridized carbons (Fsp3) is 0.714. The third-order valence-corrected chi connectivity index (χ3v) is 7.57. The van der Waals surface area contributed by atoms with Gasteiger partial charge in [-0.1, -0.05) is 82.6 Å². The molecular formula is C28H44O. The van der Waals surface area contributed by atoms with Crippen molar-refractivity contribution in [2.24, 2.45) is 17.8 Å². The maximum absolute atomic E-state index is 5.77. The van der Waals surface area contributed by atoms with Crippen molar-refractivity contribution in [1.82, 2.24) is 0 Å². The van der Waals surface area contributed by atoms with E-state index in [-0.39, 0.29) is 0 Å². The van der Waals surface area contributed by atoms with Gasteiger partial charge in [0.15, 0.2) is 0 Å². The summed E-state index contributed by atoms with van der Waals surface area (Å²) in [5, 5.41) is 0. The first kappa shape index (κ1) is 22.4. The van der Waals surface area contributed by atoms with Gasteiger partial charge in [-0.25, -0.2) is 0 Å². The van der Waals surface area contributed by atoms with Crippen molar-refractivity contribution in [1.29, 1.82) is 0 Å². The van der Waals surface area contributed by atoms with Gasteiger partial charge in [0.05, 0.1) is 6.61 Å². The van der Waals surface area contributed by atoms with Crippen LogP contribution in [0.5, 0.6) is 5.75 Å². The number of unbranched alkanes of at least 4 members (excludes halogenated alkanes) is 1. The monoisotopic (exact) mass is 396 g/mol. The minimum absolute atomic E-state index is 0.837. The Hall–Kier alpha value is -1.24. The normalized spacial score (nSPS) is 24.9. The predicted molar refractivity (Wildman–Crippen MR) is 126 cm³/mol. The molecule has 162 valence electrons. The van der Waals surface area contributed by atoms with Gasteiger partial charge in [0.1, 0.15) is 5.75 Å². The summed E-state index contributed by atoms with van der Waals surface area (Å²) >= 11 is 0. The van der Waals surface area contributed by atoms with Gasteiger partial charge in [0.25, 0.3) is 0 Å². The molecule has 1 aromatic rings. The molecule has 1 unspecified atom stereocenters. The molecule has 0 radical (unpaired) electrons. The summed E-state index contributed by atoms with van der Waals surface area (Å²) < 4.78 is 5.77. The summed E-state index contributed by atoms with van der Waals surface area (Å²) in [6.07, 6.45) is 21.8. The lowest BCUT2D eigenvalue weighted by Crippen LogP contribution is -2.15. The van der Waals surface area contributed by atoms with Crippen LogP contribution in [0.2, 0.25) is 0 Å². The second kappa shape index (κ2) is 12.5. The predicted octanol–water partition coefficient (Wildman–Crippen LogP) is 8.52. The van der Waals surface area contributed by atoms with E-state index < -0.39 is 0 Å². The van der Waals surface area contributed by atoms with Crippen molar-refractivity contribution in [3.05, 3.63) is 41.5 Å². The molecular weight excluding hydrogens is 352 g/mol. The molecule has 1 heteroatoms. The van der Waals surface area contributed by atoms with Crippen LogP contribution >= 0.6 is 0 Å². The third kappa shape index (κ3) is 7.83. The topological polar surface area (TPSA) is 9.23 Å². The molecule has 1 aromatic carbocycles. The van der Waals surface area contributed by atoms with Gasteiger partial charge in [-0.05, 0) is 80.4 Å². The molecule has 1 nitrogen and oxygen atoms in total. The van der Waals surface area contributed by atoms with Gasteiger partial charge in [0.2, 0.25) is 0 Å². The largest absolute Gasteiger partial charge is 0.494 e. The van der Waals surface area contributed by atoms with E-state index in [1.165, 1.54) is 89.0 Å². The highest BCUT2D eigenvalue weighted by atomic mass is 16.5. The minimum atomic E-state index is 0.837. The molecule has 1 fully saturated rings. The van der Waals surface area contributed by atoms with Crippen molar-refractivity contribution in [2.45, 2.75) is 104 Å². The molecule has 0 spiro atoms. The summed E-state index contributed by atoms with van der Waals surface area (Å²) in [4.78, 5) is 0. The van der Waals surface area contributed by atoms with Crippen molar-refractivity contribution < 1.29 is 4.74 Å². The van der Waals surface area contributed by atoms with Crippen LogP contribution < -0.4 is 4.74 Å². The highest BCUT2D eigenvalue weighted by Crippen LogP contribution is 2.36. The fourth-order valence-electron chi connectivity index (χ4n) is 5.22. The summed E-state index contributed by atoms with van der Waals surface area (Å²) in [7, 11) is 0. The average molecular weight is 397 g/mol. The number of aryl methyl sites for hydroxylation is 1. The minimum Gasteiger partial charge on any atom is -0.494 e. The van der Waals surface area contributed by atoms with E-state index in [1.807, 2.05) is 0 Å². The second-order valence-electron chi connectivity index (χ2n) is 9.72. The molecule has 1 atom stereocenters. The summed E-state index contributed by atoms with van der Waals surface area (Å²) in [5.74, 6) is 4.06. The molecule has 0 aromatic heterocycles. The van der Waals surface area contributed by atoms with Crippen molar-refractivity contribution in [3.8, 4) is 5.75 Å². The molecule has 3 rings (SSSR count). The summed E-state index contributed by atoms with van der Waals surface area (Å²) in [6, 6.07) is 8.79. The number of allylic oxidation sites excluding steroid dienone is 2. The zero-order valence-electron chi connectivity index (χ0n) is 19.1. The van der Waals surface area contributed by atoms with Crippen LogP contribution in [0.25, 0.3) is 0 Å². The van der Waals surface area contributed by atoms with Crippen LogP contribution in [-0.2, 0) is 6.42 Å². The molecule has 29 heavy (non-hydrogen) atoms. The van der Waals surface area contributed by atoms with Gasteiger partial charge < -0.3 is 4.74 Å². The first-order valence-electron chi connectivity index (χ1n) is 12.7. The molecule has 0 heterocycles. The van der Waals surface area contributed by atoms with E-state index in [0.29, 0.717) is 0 Å². The zero-order chi connectivity index (χ0) is 20.3. The quantitative estimate of drug-likeness (QED) is 0.269. The SMILES string of the molecule is CCCCOc1ccc(CCC2=CCC(CC[C@H]3CC[C@H](CC)CC3)CC2)cc1. The van der Waals surface area contributed by atoms with E-state index in [1.54, 1.807) is 5.57 Å². The van der Waals surface area contributed by atoms with Gasteiger partial charge >= 0.3 is 0 Å². The van der Waals surface area contributed by atoms with Crippen LogP contribution in [0.1, 0.15) is 103 Å². The highest BCUT2D eigenvalue weighted by molar-refractivity contribution is 5.28. The Balaban J connectivity index is 1.31. The van der Waals surface area contributed by atoms with Crippen LogP contribution in [0.15, 0.2) is 35.9 Å². The lowest BCUT2D eigenvalue weighted by atomic mass is 9.76. The van der Waals surface area contributed by atoms with Crippen molar-refractivity contribution in [3.63, 3.8) is 0 Å². The molecule has 0 bridgehead atoms. The van der Waals surface area contributed by atoms with Gasteiger partial charge in [-0.2, -0.15) is 0 Å². The Morgan fingerprint density at radius 1 is 0.828 bits per heavy atom. The van der Waals surface area contributed by atoms with Crippen LogP contribution in [0, 0.1) is 17.8 Å².